The van der Waals surface area contributed by atoms with Crippen LogP contribution in [0.4, 0.5) is 0 Å². The van der Waals surface area contributed by atoms with Gasteiger partial charge in [-0.25, -0.2) is 0 Å². The number of benzene rings is 1. The van der Waals surface area contributed by atoms with Gasteiger partial charge in [0.05, 0.1) is 0 Å². The summed E-state index contributed by atoms with van der Waals surface area (Å²) >= 11 is 4.91. The molecule has 0 spiro atoms. The summed E-state index contributed by atoms with van der Waals surface area (Å²) in [7, 11) is 0. The van der Waals surface area contributed by atoms with Gasteiger partial charge in [-0.2, -0.15) is 5.26 Å². The van der Waals surface area contributed by atoms with Gasteiger partial charge in [-0.15, -0.1) is 0 Å². The first-order valence-electron chi connectivity index (χ1n) is 3.43. The summed E-state index contributed by atoms with van der Waals surface area (Å²) in [6.07, 6.45) is 0. The van der Waals surface area contributed by atoms with Gasteiger partial charge in [-0.1, -0.05) is 30.3 Å². The fourth-order valence-corrected chi connectivity index (χ4v) is 0.950. The molecule has 0 amide bonds. The van der Waals surface area contributed by atoms with Crippen LogP contribution in [0, 0.1) is 11.3 Å². The second-order valence-corrected chi connectivity index (χ2v) is 2.47. The second-order valence-electron chi connectivity index (χ2n) is 2.10. The molecule has 0 saturated heterocycles. The van der Waals surface area contributed by atoms with Crippen molar-refractivity contribution in [1.82, 2.24) is 0 Å². The summed E-state index contributed by atoms with van der Waals surface area (Å²) in [6, 6.07) is 11.2. The van der Waals surface area contributed by atoms with E-state index < -0.39 is 0 Å². The standard InChI is InChI=1S/C9H7NOS/c10-6-7-11-9(12)8-4-2-1-3-5-8/h1-5H,7H2. The van der Waals surface area contributed by atoms with E-state index in [2.05, 4.69) is 0 Å². The Morgan fingerprint density at radius 2 is 2.08 bits per heavy atom. The summed E-state index contributed by atoms with van der Waals surface area (Å²) in [5.74, 6) is 0. The molecule has 1 aromatic carbocycles. The number of thiocarbonyl (C=S) groups is 1. The molecule has 3 heteroatoms. The van der Waals surface area contributed by atoms with E-state index >= 15 is 0 Å². The maximum atomic E-state index is 8.23. The molecule has 0 aromatic heterocycles. The fourth-order valence-electron chi connectivity index (χ4n) is 0.755. The minimum absolute atomic E-state index is 0.00767. The van der Waals surface area contributed by atoms with Crippen LogP contribution < -0.4 is 0 Å². The average Bonchev–Trinajstić information content (AvgIpc) is 2.15. The van der Waals surface area contributed by atoms with Crippen LogP contribution >= 0.6 is 12.2 Å². The average molecular weight is 177 g/mol. The van der Waals surface area contributed by atoms with Crippen molar-refractivity contribution in [1.29, 1.82) is 5.26 Å². The molecular weight excluding hydrogens is 170 g/mol. The third-order valence-corrected chi connectivity index (χ3v) is 1.63. The molecule has 0 aliphatic rings. The Hall–Kier alpha value is -1.40. The molecule has 1 aromatic rings. The third-order valence-electron chi connectivity index (χ3n) is 1.28. The first-order valence-corrected chi connectivity index (χ1v) is 3.84. The van der Waals surface area contributed by atoms with Crippen LogP contribution in [0.1, 0.15) is 5.56 Å². The zero-order valence-corrected chi connectivity index (χ0v) is 7.17. The highest BCUT2D eigenvalue weighted by atomic mass is 32.1. The van der Waals surface area contributed by atoms with Crippen molar-refractivity contribution in [2.24, 2.45) is 0 Å². The summed E-state index contributed by atoms with van der Waals surface area (Å²) in [5.41, 5.74) is 0.836. The van der Waals surface area contributed by atoms with E-state index in [1.807, 2.05) is 36.4 Å². The predicted octanol–water partition coefficient (Wildman–Crippen LogP) is 1.90. The maximum absolute atomic E-state index is 8.23. The zero-order chi connectivity index (χ0) is 8.81. The molecule has 0 bridgehead atoms. The van der Waals surface area contributed by atoms with Crippen LogP contribution in [-0.2, 0) is 4.74 Å². The highest BCUT2D eigenvalue weighted by Crippen LogP contribution is 2.01. The van der Waals surface area contributed by atoms with Gasteiger partial charge in [0.15, 0.2) is 11.7 Å². The van der Waals surface area contributed by atoms with Crippen molar-refractivity contribution in [2.45, 2.75) is 0 Å². The van der Waals surface area contributed by atoms with Crippen molar-refractivity contribution in [3.8, 4) is 6.07 Å². The predicted molar refractivity (Wildman–Crippen MR) is 49.7 cm³/mol. The van der Waals surface area contributed by atoms with Crippen LogP contribution in [0.3, 0.4) is 0 Å². The van der Waals surface area contributed by atoms with Crippen molar-refractivity contribution >= 4 is 17.3 Å². The molecule has 0 unspecified atom stereocenters. The van der Waals surface area contributed by atoms with Crippen LogP contribution in [0.2, 0.25) is 0 Å². The van der Waals surface area contributed by atoms with E-state index in [0.29, 0.717) is 5.05 Å². The van der Waals surface area contributed by atoms with Gasteiger partial charge in [0.2, 0.25) is 0 Å². The van der Waals surface area contributed by atoms with E-state index in [-0.39, 0.29) is 6.61 Å². The number of hydrogen-bond acceptors (Lipinski definition) is 3. The molecule has 0 heterocycles. The van der Waals surface area contributed by atoms with Gasteiger partial charge >= 0.3 is 0 Å². The van der Waals surface area contributed by atoms with E-state index in [4.69, 9.17) is 22.2 Å². The Morgan fingerprint density at radius 1 is 1.42 bits per heavy atom. The quantitative estimate of drug-likeness (QED) is 0.647. The number of rotatable bonds is 2. The monoisotopic (exact) mass is 177 g/mol. The van der Waals surface area contributed by atoms with Crippen molar-refractivity contribution in [3.63, 3.8) is 0 Å². The van der Waals surface area contributed by atoms with Crippen molar-refractivity contribution in [2.75, 3.05) is 6.61 Å². The topological polar surface area (TPSA) is 33.0 Å². The Kier molecular flexibility index (Phi) is 3.24. The van der Waals surface area contributed by atoms with Gasteiger partial charge in [0.1, 0.15) is 6.07 Å². The molecule has 2 nitrogen and oxygen atoms in total. The van der Waals surface area contributed by atoms with Gasteiger partial charge < -0.3 is 4.74 Å². The van der Waals surface area contributed by atoms with Crippen LogP contribution in [0.5, 0.6) is 0 Å². The fraction of sp³-hybridized carbons (Fsp3) is 0.111. The zero-order valence-electron chi connectivity index (χ0n) is 6.36. The summed E-state index contributed by atoms with van der Waals surface area (Å²) in [4.78, 5) is 0. The number of nitrogens with zero attached hydrogens (tertiary/aromatic N) is 1. The second kappa shape index (κ2) is 4.47. The Labute approximate surface area is 76.4 Å². The first-order chi connectivity index (χ1) is 5.84. The van der Waals surface area contributed by atoms with E-state index in [9.17, 15) is 0 Å². The van der Waals surface area contributed by atoms with Gasteiger partial charge in [0, 0.05) is 5.56 Å². The minimum Gasteiger partial charge on any atom is -0.468 e. The smallest absolute Gasteiger partial charge is 0.192 e. The van der Waals surface area contributed by atoms with Crippen LogP contribution in [0.25, 0.3) is 0 Å². The van der Waals surface area contributed by atoms with Crippen LogP contribution in [-0.4, -0.2) is 11.7 Å². The summed E-state index contributed by atoms with van der Waals surface area (Å²) in [6.45, 7) is 0.00767. The molecule has 0 aliphatic heterocycles. The minimum atomic E-state index is 0.00767. The van der Waals surface area contributed by atoms with E-state index in [1.165, 1.54) is 0 Å². The molecule has 0 saturated carbocycles. The molecule has 60 valence electrons. The normalized spacial score (nSPS) is 8.58. The number of ether oxygens (including phenoxy) is 1. The Bertz CT molecular complexity index is 302. The van der Waals surface area contributed by atoms with Crippen molar-refractivity contribution in [3.05, 3.63) is 35.9 Å². The van der Waals surface area contributed by atoms with Gasteiger partial charge in [-0.05, 0) is 12.2 Å². The van der Waals surface area contributed by atoms with Gasteiger partial charge in [0.25, 0.3) is 0 Å². The van der Waals surface area contributed by atoms with E-state index in [0.717, 1.165) is 5.56 Å². The first kappa shape index (κ1) is 8.69. The lowest BCUT2D eigenvalue weighted by Crippen LogP contribution is -2.02. The molecular formula is C9H7NOS. The number of hydrogen-bond donors (Lipinski definition) is 0. The highest BCUT2D eigenvalue weighted by Gasteiger charge is 1.98. The molecule has 1 rings (SSSR count). The van der Waals surface area contributed by atoms with Crippen molar-refractivity contribution < 1.29 is 4.74 Å². The largest absolute Gasteiger partial charge is 0.468 e. The SMILES string of the molecule is N#CCOC(=S)c1ccccc1. The number of nitriles is 1. The molecule has 12 heavy (non-hydrogen) atoms. The maximum Gasteiger partial charge on any atom is 0.192 e. The summed E-state index contributed by atoms with van der Waals surface area (Å²) in [5, 5.41) is 8.60. The Balaban J connectivity index is 2.61. The highest BCUT2D eigenvalue weighted by molar-refractivity contribution is 7.80. The van der Waals surface area contributed by atoms with Crippen LogP contribution in [0.15, 0.2) is 30.3 Å². The lowest BCUT2D eigenvalue weighted by molar-refractivity contribution is 0.367. The molecule has 0 radical (unpaired) electrons. The summed E-state index contributed by atoms with van der Waals surface area (Å²) < 4.78 is 4.95. The molecule has 0 aliphatic carbocycles. The van der Waals surface area contributed by atoms with Gasteiger partial charge in [-0.3, -0.25) is 0 Å². The molecule has 0 atom stereocenters. The van der Waals surface area contributed by atoms with E-state index in [1.54, 1.807) is 0 Å². The lowest BCUT2D eigenvalue weighted by atomic mass is 10.2. The Morgan fingerprint density at radius 3 is 2.67 bits per heavy atom. The third kappa shape index (κ3) is 2.33. The lowest BCUT2D eigenvalue weighted by Gasteiger charge is -2.01. The molecule has 0 N–H and O–H groups in total. The molecule has 0 fully saturated rings.